The number of likely N-dealkylation sites (N-methyl/N-ethyl adjacent to an activating group) is 1. The Labute approximate surface area is 135 Å². The van der Waals surface area contributed by atoms with Crippen LogP contribution in [0.15, 0.2) is 18.2 Å². The molecule has 1 aliphatic heterocycles. The highest BCUT2D eigenvalue weighted by atomic mass is 35.5. The molecule has 1 aromatic rings. The number of nitrogens with zero attached hydrogens (tertiary/aromatic N) is 1. The highest BCUT2D eigenvalue weighted by Gasteiger charge is 2.48. The van der Waals surface area contributed by atoms with Gasteiger partial charge in [0.25, 0.3) is 0 Å². The minimum atomic E-state index is -0.460. The molecule has 0 radical (unpaired) electrons. The Morgan fingerprint density at radius 2 is 2.27 bits per heavy atom. The van der Waals surface area contributed by atoms with E-state index in [4.69, 9.17) is 11.6 Å². The van der Waals surface area contributed by atoms with Crippen LogP contribution in [-0.2, 0) is 4.79 Å². The molecule has 6 heteroatoms. The van der Waals surface area contributed by atoms with E-state index in [0.717, 1.165) is 6.42 Å². The van der Waals surface area contributed by atoms with Crippen LogP contribution in [-0.4, -0.2) is 43.5 Å². The van der Waals surface area contributed by atoms with Gasteiger partial charge in [-0.05, 0) is 38.9 Å². The third kappa shape index (κ3) is 3.26. The number of carbonyl (C=O) groups is 1. The molecule has 1 aromatic carbocycles. The molecule has 1 saturated carbocycles. The van der Waals surface area contributed by atoms with E-state index >= 15 is 0 Å². The molecular weight excluding hydrogens is 305 g/mol. The van der Waals surface area contributed by atoms with Crippen molar-refractivity contribution in [2.24, 2.45) is 5.92 Å². The number of halogens is 2. The summed E-state index contributed by atoms with van der Waals surface area (Å²) in [6.07, 6.45) is 2.05. The largest absolute Gasteiger partial charge is 0.347 e. The Balaban J connectivity index is 1.74. The first kappa shape index (κ1) is 15.7. The Morgan fingerprint density at radius 1 is 1.50 bits per heavy atom. The SMILES string of the molecule is CN(C)C[C@@H](NC(=O)[C@@H]1C[C@H]2C[C@H]2N1)c1cccc(Cl)c1F. The highest BCUT2D eigenvalue weighted by molar-refractivity contribution is 6.30. The fourth-order valence-corrected chi connectivity index (χ4v) is 3.35. The minimum absolute atomic E-state index is 0.0570. The van der Waals surface area contributed by atoms with Gasteiger partial charge in [0.2, 0.25) is 5.91 Å². The molecule has 3 rings (SSSR count). The highest BCUT2D eigenvalue weighted by Crippen LogP contribution is 2.40. The molecule has 2 N–H and O–H groups in total. The van der Waals surface area contributed by atoms with Gasteiger partial charge < -0.3 is 15.5 Å². The maximum atomic E-state index is 14.3. The summed E-state index contributed by atoms with van der Waals surface area (Å²) in [5, 5.41) is 6.37. The molecule has 1 heterocycles. The molecule has 120 valence electrons. The molecular formula is C16H21ClFN3O. The van der Waals surface area contributed by atoms with Crippen molar-refractivity contribution in [2.75, 3.05) is 20.6 Å². The number of piperidine rings is 1. The molecule has 0 unspecified atom stereocenters. The van der Waals surface area contributed by atoms with Crippen molar-refractivity contribution in [3.8, 4) is 0 Å². The maximum absolute atomic E-state index is 14.3. The van der Waals surface area contributed by atoms with Crippen LogP contribution >= 0.6 is 11.6 Å². The predicted octanol–water partition coefficient (Wildman–Crippen LogP) is 1.95. The second-order valence-electron chi connectivity index (χ2n) is 6.52. The molecule has 1 amide bonds. The molecule has 0 bridgehead atoms. The van der Waals surface area contributed by atoms with E-state index in [1.54, 1.807) is 12.1 Å². The third-order valence-electron chi connectivity index (χ3n) is 4.41. The number of nitrogens with one attached hydrogen (secondary N) is 2. The van der Waals surface area contributed by atoms with E-state index in [1.165, 1.54) is 12.5 Å². The summed E-state index contributed by atoms with van der Waals surface area (Å²) in [6.45, 7) is 0.516. The van der Waals surface area contributed by atoms with E-state index in [-0.39, 0.29) is 17.0 Å². The van der Waals surface area contributed by atoms with Crippen molar-refractivity contribution >= 4 is 17.5 Å². The molecule has 1 saturated heterocycles. The molecule has 0 aromatic heterocycles. The minimum Gasteiger partial charge on any atom is -0.347 e. The van der Waals surface area contributed by atoms with Crippen LogP contribution in [0, 0.1) is 11.7 Å². The van der Waals surface area contributed by atoms with Gasteiger partial charge >= 0.3 is 0 Å². The predicted molar refractivity (Wildman–Crippen MR) is 84.3 cm³/mol. The summed E-state index contributed by atoms with van der Waals surface area (Å²) in [4.78, 5) is 14.3. The van der Waals surface area contributed by atoms with Gasteiger partial charge in [-0.25, -0.2) is 4.39 Å². The van der Waals surface area contributed by atoms with Gasteiger partial charge in [0, 0.05) is 18.2 Å². The normalized spacial score (nSPS) is 27.6. The van der Waals surface area contributed by atoms with Gasteiger partial charge in [-0.3, -0.25) is 4.79 Å². The molecule has 22 heavy (non-hydrogen) atoms. The van der Waals surface area contributed by atoms with E-state index in [9.17, 15) is 9.18 Å². The Morgan fingerprint density at radius 3 is 2.91 bits per heavy atom. The number of fused-ring (bicyclic) bond motifs is 1. The average molecular weight is 326 g/mol. The molecule has 4 atom stereocenters. The monoisotopic (exact) mass is 325 g/mol. The molecule has 4 nitrogen and oxygen atoms in total. The first-order valence-electron chi connectivity index (χ1n) is 7.60. The van der Waals surface area contributed by atoms with E-state index in [0.29, 0.717) is 24.1 Å². The Hall–Kier alpha value is -1.17. The van der Waals surface area contributed by atoms with E-state index < -0.39 is 11.9 Å². The number of hydrogen-bond acceptors (Lipinski definition) is 3. The lowest BCUT2D eigenvalue weighted by Crippen LogP contribution is -2.45. The number of rotatable bonds is 5. The van der Waals surface area contributed by atoms with Crippen molar-refractivity contribution < 1.29 is 9.18 Å². The average Bonchev–Trinajstić information content (AvgIpc) is 3.07. The third-order valence-corrected chi connectivity index (χ3v) is 4.71. The lowest BCUT2D eigenvalue weighted by molar-refractivity contribution is -0.123. The van der Waals surface area contributed by atoms with Gasteiger partial charge in [0.15, 0.2) is 0 Å². The summed E-state index contributed by atoms with van der Waals surface area (Å²) >= 11 is 5.87. The van der Waals surface area contributed by atoms with Gasteiger partial charge in [0.1, 0.15) is 5.82 Å². The lowest BCUT2D eigenvalue weighted by atomic mass is 10.0. The van der Waals surface area contributed by atoms with Gasteiger partial charge in [-0.2, -0.15) is 0 Å². The van der Waals surface area contributed by atoms with Crippen LogP contribution < -0.4 is 10.6 Å². The molecule has 2 aliphatic rings. The number of hydrogen-bond donors (Lipinski definition) is 2. The molecule has 2 fully saturated rings. The summed E-state index contributed by atoms with van der Waals surface area (Å²) in [7, 11) is 3.79. The lowest BCUT2D eigenvalue weighted by Gasteiger charge is -2.25. The summed E-state index contributed by atoms with van der Waals surface area (Å²) in [5.74, 6) is 0.128. The van der Waals surface area contributed by atoms with Crippen LogP contribution in [0.3, 0.4) is 0 Å². The van der Waals surface area contributed by atoms with Crippen molar-refractivity contribution in [3.05, 3.63) is 34.6 Å². The Bertz CT molecular complexity index is 571. The second kappa shape index (κ2) is 6.14. The summed E-state index contributed by atoms with van der Waals surface area (Å²) in [5.41, 5.74) is 0.428. The van der Waals surface area contributed by atoms with Crippen LogP contribution in [0.1, 0.15) is 24.4 Å². The van der Waals surface area contributed by atoms with Crippen LogP contribution in [0.25, 0.3) is 0 Å². The maximum Gasteiger partial charge on any atom is 0.237 e. The van der Waals surface area contributed by atoms with Crippen LogP contribution in [0.2, 0.25) is 5.02 Å². The van der Waals surface area contributed by atoms with Gasteiger partial charge in [0.05, 0.1) is 17.1 Å². The van der Waals surface area contributed by atoms with Crippen LogP contribution in [0.4, 0.5) is 4.39 Å². The standard InChI is InChI=1S/C16H21ClFN3O/c1-21(2)8-14(10-4-3-5-11(17)15(10)18)20-16(22)13-7-9-6-12(9)19-13/h3-5,9,12-14,19H,6-8H2,1-2H3,(H,20,22)/t9-,12-,13+,14-/m1/s1. The Kier molecular flexibility index (Phi) is 4.39. The fourth-order valence-electron chi connectivity index (χ4n) is 3.17. The second-order valence-corrected chi connectivity index (χ2v) is 6.93. The zero-order chi connectivity index (χ0) is 15.9. The quantitative estimate of drug-likeness (QED) is 0.869. The van der Waals surface area contributed by atoms with E-state index in [2.05, 4.69) is 10.6 Å². The number of benzene rings is 1. The number of carbonyl (C=O) groups excluding carboxylic acids is 1. The van der Waals surface area contributed by atoms with Gasteiger partial charge in [-0.15, -0.1) is 0 Å². The number of amides is 1. The van der Waals surface area contributed by atoms with E-state index in [1.807, 2.05) is 19.0 Å². The van der Waals surface area contributed by atoms with Crippen molar-refractivity contribution in [1.29, 1.82) is 0 Å². The van der Waals surface area contributed by atoms with Crippen molar-refractivity contribution in [1.82, 2.24) is 15.5 Å². The first-order valence-corrected chi connectivity index (χ1v) is 7.98. The van der Waals surface area contributed by atoms with Crippen LogP contribution in [0.5, 0.6) is 0 Å². The molecule has 0 spiro atoms. The van der Waals surface area contributed by atoms with Crippen molar-refractivity contribution in [2.45, 2.75) is 31.0 Å². The smallest absolute Gasteiger partial charge is 0.237 e. The first-order chi connectivity index (χ1) is 10.5. The van der Waals surface area contributed by atoms with Crippen molar-refractivity contribution in [3.63, 3.8) is 0 Å². The topological polar surface area (TPSA) is 44.4 Å². The summed E-state index contributed by atoms with van der Waals surface area (Å²) in [6, 6.07) is 4.83. The zero-order valence-corrected chi connectivity index (χ0v) is 13.5. The fraction of sp³-hybridized carbons (Fsp3) is 0.562. The summed E-state index contributed by atoms with van der Waals surface area (Å²) < 4.78 is 14.3. The molecule has 1 aliphatic carbocycles. The zero-order valence-electron chi connectivity index (χ0n) is 12.8. The van der Waals surface area contributed by atoms with Gasteiger partial charge in [-0.1, -0.05) is 23.7 Å².